The van der Waals surface area contributed by atoms with Crippen LogP contribution in [0.2, 0.25) is 0 Å². The number of aromatic amines is 2. The number of rotatable bonds is 10. The van der Waals surface area contributed by atoms with Crippen molar-refractivity contribution >= 4 is 28.7 Å². The van der Waals surface area contributed by atoms with Crippen molar-refractivity contribution in [1.82, 2.24) is 9.97 Å². The number of aryl methyl sites for hydroxylation is 1. The molecule has 0 saturated heterocycles. The second-order valence-electron chi connectivity index (χ2n) is 6.25. The largest absolute Gasteiger partial charge is 0.469 e. The fourth-order valence-electron chi connectivity index (χ4n) is 2.67. The van der Waals surface area contributed by atoms with Gasteiger partial charge in [-0.25, -0.2) is 4.79 Å². The number of hydrogen-bond donors (Lipinski definition) is 3. The monoisotopic (exact) mass is 420 g/mol. The molecule has 0 fully saturated rings. The molecule has 0 bridgehead atoms. The van der Waals surface area contributed by atoms with Crippen LogP contribution in [-0.2, 0) is 9.53 Å². The van der Waals surface area contributed by atoms with Crippen molar-refractivity contribution in [3.8, 4) is 0 Å². The summed E-state index contributed by atoms with van der Waals surface area (Å²) in [5.41, 5.74) is 2.45. The predicted molar refractivity (Wildman–Crippen MR) is 107 cm³/mol. The first-order valence-corrected chi connectivity index (χ1v) is 8.84. The van der Waals surface area contributed by atoms with Gasteiger partial charge < -0.3 is 14.7 Å². The molecule has 2 aromatic rings. The van der Waals surface area contributed by atoms with Gasteiger partial charge in [-0.05, 0) is 32.3 Å². The molecular formula is C17H20N6O7. The molecule has 0 aliphatic heterocycles. The number of non-ortho nitro benzene ring substituents is 1. The van der Waals surface area contributed by atoms with E-state index in [0.717, 1.165) is 12.1 Å². The zero-order chi connectivity index (χ0) is 22.3. The molecule has 0 saturated carbocycles. The smallest absolute Gasteiger partial charge is 0.323 e. The molecule has 0 aliphatic carbocycles. The maximum Gasteiger partial charge on any atom is 0.323 e. The van der Waals surface area contributed by atoms with Crippen molar-refractivity contribution in [2.24, 2.45) is 5.10 Å². The van der Waals surface area contributed by atoms with Gasteiger partial charge in [0.15, 0.2) is 0 Å². The second-order valence-corrected chi connectivity index (χ2v) is 6.25. The summed E-state index contributed by atoms with van der Waals surface area (Å²) in [6, 6.07) is 3.13. The summed E-state index contributed by atoms with van der Waals surface area (Å²) in [5.74, 6) is -0.348. The zero-order valence-corrected chi connectivity index (χ0v) is 16.3. The lowest BCUT2D eigenvalue weighted by atomic mass is 10.1. The van der Waals surface area contributed by atoms with Crippen LogP contribution in [-0.4, -0.2) is 38.6 Å². The van der Waals surface area contributed by atoms with Crippen molar-refractivity contribution < 1.29 is 19.4 Å². The van der Waals surface area contributed by atoms with Crippen LogP contribution in [0, 0.1) is 27.2 Å². The van der Waals surface area contributed by atoms with Crippen molar-refractivity contribution in [3.05, 3.63) is 60.3 Å². The number of nitro groups is 2. The Morgan fingerprint density at radius 2 is 1.87 bits per heavy atom. The molecule has 0 atom stereocenters. The molecule has 0 unspecified atom stereocenters. The van der Waals surface area contributed by atoms with Crippen LogP contribution in [0.15, 0.2) is 28.1 Å². The maximum atomic E-state index is 11.6. The molecule has 1 aromatic heterocycles. The number of carbonyl (C=O) groups excluding carboxylic acids is 1. The first kappa shape index (κ1) is 22.3. The lowest BCUT2D eigenvalue weighted by Gasteiger charge is -2.08. The van der Waals surface area contributed by atoms with Crippen LogP contribution in [0.3, 0.4) is 0 Å². The standard InChI is InChI=1S/C17H20N6O7/c1-10-16(19-17(25)18-10)13(5-3-4-6-15(24)30-2)21-20-12-8-7-11(22(26)27)9-14(12)23(28)29/h7-9,20H,3-6H2,1-2H3,(H2,18,19,25)/b21-13-. The molecule has 3 N–H and O–H groups in total. The number of hydrogen-bond acceptors (Lipinski definition) is 9. The topological polar surface area (TPSA) is 186 Å². The minimum atomic E-state index is -0.760. The molecule has 0 radical (unpaired) electrons. The van der Waals surface area contributed by atoms with E-state index < -0.39 is 26.9 Å². The number of benzene rings is 1. The van der Waals surface area contributed by atoms with Crippen molar-refractivity contribution in [1.29, 1.82) is 0 Å². The van der Waals surface area contributed by atoms with E-state index in [-0.39, 0.29) is 18.1 Å². The van der Waals surface area contributed by atoms with Gasteiger partial charge >= 0.3 is 17.3 Å². The summed E-state index contributed by atoms with van der Waals surface area (Å²) in [7, 11) is 1.30. The lowest BCUT2D eigenvalue weighted by Crippen LogP contribution is -2.10. The van der Waals surface area contributed by atoms with E-state index in [9.17, 15) is 29.8 Å². The van der Waals surface area contributed by atoms with Crippen LogP contribution in [0.5, 0.6) is 0 Å². The molecule has 160 valence electrons. The number of anilines is 1. The van der Waals surface area contributed by atoms with Gasteiger partial charge in [0.05, 0.1) is 34.4 Å². The Kier molecular flexibility index (Phi) is 7.38. The van der Waals surface area contributed by atoms with Crippen molar-refractivity contribution in [2.45, 2.75) is 32.6 Å². The number of hydrazone groups is 1. The van der Waals surface area contributed by atoms with Crippen LogP contribution >= 0.6 is 0 Å². The Labute approximate surface area is 169 Å². The van der Waals surface area contributed by atoms with Crippen LogP contribution < -0.4 is 11.1 Å². The maximum absolute atomic E-state index is 11.6. The Morgan fingerprint density at radius 3 is 2.43 bits per heavy atom. The van der Waals surface area contributed by atoms with E-state index in [1.807, 2.05) is 0 Å². The Hall–Kier alpha value is -4.03. The average molecular weight is 420 g/mol. The molecule has 13 nitrogen and oxygen atoms in total. The van der Waals surface area contributed by atoms with Gasteiger partial charge in [-0.3, -0.25) is 30.4 Å². The number of aromatic nitrogens is 2. The first-order valence-electron chi connectivity index (χ1n) is 8.84. The van der Waals surface area contributed by atoms with Gasteiger partial charge in [0.25, 0.3) is 5.69 Å². The van der Waals surface area contributed by atoms with Gasteiger partial charge in [-0.1, -0.05) is 0 Å². The number of H-pyrrole nitrogens is 2. The van der Waals surface area contributed by atoms with Crippen LogP contribution in [0.25, 0.3) is 0 Å². The van der Waals surface area contributed by atoms with E-state index >= 15 is 0 Å². The first-order chi connectivity index (χ1) is 14.2. The highest BCUT2D eigenvalue weighted by Crippen LogP contribution is 2.29. The number of nitrogens with one attached hydrogen (secondary N) is 3. The van der Waals surface area contributed by atoms with E-state index in [2.05, 4.69) is 25.2 Å². The number of ether oxygens (including phenoxy) is 1. The highest BCUT2D eigenvalue weighted by Gasteiger charge is 2.20. The Bertz CT molecular complexity index is 1040. The second kappa shape index (κ2) is 9.95. The average Bonchev–Trinajstić information content (AvgIpc) is 3.04. The molecule has 0 aliphatic rings. The Morgan fingerprint density at radius 1 is 1.17 bits per heavy atom. The van der Waals surface area contributed by atoms with Gasteiger partial charge in [0.1, 0.15) is 5.69 Å². The quantitative estimate of drug-likeness (QED) is 0.172. The van der Waals surface area contributed by atoms with Crippen LogP contribution in [0.1, 0.15) is 37.1 Å². The summed E-state index contributed by atoms with van der Waals surface area (Å²) in [6.45, 7) is 1.66. The van der Waals surface area contributed by atoms with Crippen molar-refractivity contribution in [3.63, 3.8) is 0 Å². The minimum Gasteiger partial charge on any atom is -0.469 e. The van der Waals surface area contributed by atoms with E-state index in [1.165, 1.54) is 13.2 Å². The summed E-state index contributed by atoms with van der Waals surface area (Å²) in [6.07, 6.45) is 1.61. The predicted octanol–water partition coefficient (Wildman–Crippen LogP) is 2.38. The highest BCUT2D eigenvalue weighted by molar-refractivity contribution is 6.00. The fourth-order valence-corrected chi connectivity index (χ4v) is 2.67. The summed E-state index contributed by atoms with van der Waals surface area (Å²) in [4.78, 5) is 48.7. The summed E-state index contributed by atoms with van der Waals surface area (Å²) < 4.78 is 4.59. The molecule has 0 amide bonds. The molecule has 30 heavy (non-hydrogen) atoms. The number of methoxy groups -OCH3 is 1. The third kappa shape index (κ3) is 5.73. The number of nitrogens with zero attached hydrogens (tertiary/aromatic N) is 3. The molecule has 1 heterocycles. The van der Waals surface area contributed by atoms with Crippen molar-refractivity contribution in [2.75, 3.05) is 12.5 Å². The number of nitro benzene ring substituents is 2. The molecule has 2 rings (SSSR count). The SMILES string of the molecule is COC(=O)CCCC/C(=N/Nc1ccc([N+](=O)[O-])cc1[N+](=O)[O-])c1[nH]c(=O)[nH]c1C. The van der Waals surface area contributed by atoms with E-state index in [1.54, 1.807) is 6.92 Å². The van der Waals surface area contributed by atoms with Crippen LogP contribution in [0.4, 0.5) is 17.1 Å². The summed E-state index contributed by atoms with van der Waals surface area (Å²) >= 11 is 0. The molecule has 0 spiro atoms. The fraction of sp³-hybridized carbons (Fsp3) is 0.353. The lowest BCUT2D eigenvalue weighted by molar-refractivity contribution is -0.393. The molecule has 1 aromatic carbocycles. The van der Waals surface area contributed by atoms with Gasteiger partial charge in [0, 0.05) is 18.2 Å². The van der Waals surface area contributed by atoms with Gasteiger partial charge in [-0.2, -0.15) is 5.10 Å². The van der Waals surface area contributed by atoms with E-state index in [4.69, 9.17) is 0 Å². The summed E-state index contributed by atoms with van der Waals surface area (Å²) in [5, 5.41) is 26.3. The number of esters is 1. The number of unbranched alkanes of at least 4 members (excludes halogenated alkanes) is 1. The number of carbonyl (C=O) groups is 1. The van der Waals surface area contributed by atoms with Gasteiger partial charge in [-0.15, -0.1) is 0 Å². The van der Waals surface area contributed by atoms with E-state index in [0.29, 0.717) is 36.4 Å². The number of imidazole rings is 1. The third-order valence-electron chi connectivity index (χ3n) is 4.18. The minimum absolute atomic E-state index is 0.0480. The Balaban J connectivity index is 2.29. The molecular weight excluding hydrogens is 400 g/mol. The normalized spacial score (nSPS) is 11.2. The zero-order valence-electron chi connectivity index (χ0n) is 16.3. The third-order valence-corrected chi connectivity index (χ3v) is 4.18. The highest BCUT2D eigenvalue weighted by atomic mass is 16.6. The molecule has 13 heteroatoms. The van der Waals surface area contributed by atoms with Gasteiger partial charge in [0.2, 0.25) is 0 Å².